The summed E-state index contributed by atoms with van der Waals surface area (Å²) in [6, 6.07) is 0. The maximum Gasteiger partial charge on any atom is 0.330 e. The summed E-state index contributed by atoms with van der Waals surface area (Å²) in [5.41, 5.74) is 0.660. The molecule has 0 saturated heterocycles. The van der Waals surface area contributed by atoms with Crippen LogP contribution in [0.2, 0.25) is 0 Å². The lowest BCUT2D eigenvalue weighted by Gasteiger charge is -2.08. The van der Waals surface area contributed by atoms with Crippen molar-refractivity contribution in [3.63, 3.8) is 0 Å². The van der Waals surface area contributed by atoms with Gasteiger partial charge in [0.25, 0.3) is 0 Å². The first kappa shape index (κ1) is 22.4. The molecule has 0 radical (unpaired) electrons. The first-order chi connectivity index (χ1) is 11.5. The van der Waals surface area contributed by atoms with Crippen LogP contribution in [0.5, 0.6) is 0 Å². The summed E-state index contributed by atoms with van der Waals surface area (Å²) in [5.74, 6) is -0.545. The van der Waals surface area contributed by atoms with Crippen LogP contribution >= 0.6 is 0 Å². The van der Waals surface area contributed by atoms with Gasteiger partial charge in [-0.25, -0.2) is 4.79 Å². The molecule has 0 aromatic carbocycles. The van der Waals surface area contributed by atoms with Crippen molar-refractivity contribution in [2.45, 2.75) is 71.3 Å². The van der Waals surface area contributed by atoms with E-state index in [1.165, 1.54) is 13.2 Å². The Morgan fingerprint density at radius 2 is 1.75 bits per heavy atom. The van der Waals surface area contributed by atoms with E-state index in [1.54, 1.807) is 13.8 Å². The summed E-state index contributed by atoms with van der Waals surface area (Å²) >= 11 is 0. The predicted octanol–water partition coefficient (Wildman–Crippen LogP) is 3.71. The van der Waals surface area contributed by atoms with E-state index in [2.05, 4.69) is 10.8 Å². The van der Waals surface area contributed by atoms with Gasteiger partial charge >= 0.3 is 11.9 Å². The fraction of sp³-hybridized carbons (Fsp3) is 0.684. The maximum atomic E-state index is 11.4. The highest BCUT2D eigenvalue weighted by Gasteiger charge is 2.06. The third kappa shape index (κ3) is 12.9. The summed E-state index contributed by atoms with van der Waals surface area (Å²) in [6.07, 6.45) is 12.1. The van der Waals surface area contributed by atoms with Crippen LogP contribution in [0.3, 0.4) is 0 Å². The predicted molar refractivity (Wildman–Crippen MR) is 94.5 cm³/mol. The number of rotatable bonds is 13. The summed E-state index contributed by atoms with van der Waals surface area (Å²) in [7, 11) is 1.42. The minimum absolute atomic E-state index is 0.136. The Kier molecular flexibility index (Phi) is 13.9. The molecule has 138 valence electrons. The number of aliphatic hydroxyl groups is 1. The molecule has 0 amide bonds. The SMILES string of the molecule is CCOC(=O)/C=C(/C/C=C/CCCCCCCC(=O)OC)C(C)O. The molecule has 5 nitrogen and oxygen atoms in total. The molecule has 0 rings (SSSR count). The zero-order valence-electron chi connectivity index (χ0n) is 15.3. The average molecular weight is 340 g/mol. The lowest BCUT2D eigenvalue weighted by Crippen LogP contribution is -2.08. The molecule has 5 heteroatoms. The lowest BCUT2D eigenvalue weighted by molar-refractivity contribution is -0.140. The zero-order chi connectivity index (χ0) is 18.2. The molecule has 0 saturated carbocycles. The molecular formula is C19H32O5. The highest BCUT2D eigenvalue weighted by molar-refractivity contribution is 5.83. The van der Waals surface area contributed by atoms with Gasteiger partial charge in [-0.2, -0.15) is 0 Å². The number of hydrogen-bond acceptors (Lipinski definition) is 5. The Bertz CT molecular complexity index is 410. The smallest absolute Gasteiger partial charge is 0.330 e. The quantitative estimate of drug-likeness (QED) is 0.239. The normalized spacial score (nSPS) is 13.1. The van der Waals surface area contributed by atoms with Crippen LogP contribution in [0, 0.1) is 0 Å². The number of ether oxygens (including phenoxy) is 2. The molecule has 24 heavy (non-hydrogen) atoms. The number of carbonyl (C=O) groups is 2. The number of methoxy groups -OCH3 is 1. The van der Waals surface area contributed by atoms with Crippen molar-refractivity contribution in [2.24, 2.45) is 0 Å². The second kappa shape index (κ2) is 14.9. The Balaban J connectivity index is 3.82. The van der Waals surface area contributed by atoms with Crippen LogP contribution in [0.25, 0.3) is 0 Å². The number of allylic oxidation sites excluding steroid dienone is 2. The minimum Gasteiger partial charge on any atom is -0.469 e. The van der Waals surface area contributed by atoms with Crippen LogP contribution in [0.1, 0.15) is 65.2 Å². The van der Waals surface area contributed by atoms with Gasteiger partial charge in [-0.15, -0.1) is 0 Å². The number of unbranched alkanes of at least 4 members (excludes halogenated alkanes) is 5. The molecule has 0 aromatic heterocycles. The van der Waals surface area contributed by atoms with E-state index in [9.17, 15) is 14.7 Å². The molecular weight excluding hydrogens is 308 g/mol. The van der Waals surface area contributed by atoms with E-state index < -0.39 is 12.1 Å². The van der Waals surface area contributed by atoms with E-state index in [1.807, 2.05) is 6.08 Å². The summed E-state index contributed by atoms with van der Waals surface area (Å²) < 4.78 is 9.45. The Hall–Kier alpha value is -1.62. The van der Waals surface area contributed by atoms with E-state index in [4.69, 9.17) is 4.74 Å². The first-order valence-corrected chi connectivity index (χ1v) is 8.78. The monoisotopic (exact) mass is 340 g/mol. The summed E-state index contributed by atoms with van der Waals surface area (Å²) in [6.45, 7) is 3.73. The highest BCUT2D eigenvalue weighted by atomic mass is 16.5. The van der Waals surface area contributed by atoms with Gasteiger partial charge < -0.3 is 14.6 Å². The van der Waals surface area contributed by atoms with Gasteiger partial charge in [-0.1, -0.05) is 31.4 Å². The van der Waals surface area contributed by atoms with Crippen LogP contribution < -0.4 is 0 Å². The zero-order valence-corrected chi connectivity index (χ0v) is 15.3. The van der Waals surface area contributed by atoms with Gasteiger partial charge in [0.15, 0.2) is 0 Å². The van der Waals surface area contributed by atoms with E-state index in [0.717, 1.165) is 38.5 Å². The molecule has 0 heterocycles. The van der Waals surface area contributed by atoms with Gasteiger partial charge in [-0.3, -0.25) is 4.79 Å². The van der Waals surface area contributed by atoms with Crippen molar-refractivity contribution in [3.05, 3.63) is 23.8 Å². The fourth-order valence-electron chi connectivity index (χ4n) is 2.19. The molecule has 0 fully saturated rings. The fourth-order valence-corrected chi connectivity index (χ4v) is 2.19. The molecule has 0 aliphatic rings. The molecule has 0 spiro atoms. The average Bonchev–Trinajstić information content (AvgIpc) is 2.55. The molecule has 0 aliphatic carbocycles. The first-order valence-electron chi connectivity index (χ1n) is 8.78. The maximum absolute atomic E-state index is 11.4. The van der Waals surface area contributed by atoms with Gasteiger partial charge in [-0.05, 0) is 45.1 Å². The van der Waals surface area contributed by atoms with Crippen molar-refractivity contribution < 1.29 is 24.2 Å². The van der Waals surface area contributed by atoms with E-state index in [-0.39, 0.29) is 5.97 Å². The minimum atomic E-state index is -0.658. The van der Waals surface area contributed by atoms with Crippen LogP contribution in [-0.4, -0.2) is 36.9 Å². The summed E-state index contributed by atoms with van der Waals surface area (Å²) in [5, 5.41) is 9.67. The standard InChI is InChI=1S/C19H32O5/c1-4-24-19(22)15-17(16(2)20)13-11-9-7-5-6-8-10-12-14-18(21)23-3/h9,11,15-16,20H,4-8,10,12-14H2,1-3H3/b11-9+,17-15-. The van der Waals surface area contributed by atoms with E-state index in [0.29, 0.717) is 25.0 Å². The van der Waals surface area contributed by atoms with Crippen molar-refractivity contribution in [3.8, 4) is 0 Å². The van der Waals surface area contributed by atoms with Gasteiger partial charge in [0.1, 0.15) is 0 Å². The number of aliphatic hydroxyl groups excluding tert-OH is 1. The Morgan fingerprint density at radius 3 is 2.38 bits per heavy atom. The molecule has 1 atom stereocenters. The number of esters is 2. The number of hydrogen-bond donors (Lipinski definition) is 1. The van der Waals surface area contributed by atoms with Gasteiger partial charge in [0, 0.05) is 12.5 Å². The molecule has 0 aromatic rings. The molecule has 0 bridgehead atoms. The summed E-state index contributed by atoms with van der Waals surface area (Å²) in [4.78, 5) is 22.4. The second-order valence-corrected chi connectivity index (χ2v) is 5.71. The Labute approximate surface area is 145 Å². The topological polar surface area (TPSA) is 72.8 Å². The largest absolute Gasteiger partial charge is 0.469 e. The second-order valence-electron chi connectivity index (χ2n) is 5.71. The van der Waals surface area contributed by atoms with Crippen molar-refractivity contribution in [1.29, 1.82) is 0 Å². The van der Waals surface area contributed by atoms with Crippen molar-refractivity contribution in [1.82, 2.24) is 0 Å². The third-order valence-corrected chi connectivity index (χ3v) is 3.63. The van der Waals surface area contributed by atoms with Crippen LogP contribution in [0.15, 0.2) is 23.8 Å². The highest BCUT2D eigenvalue weighted by Crippen LogP contribution is 2.11. The molecule has 1 N–H and O–H groups in total. The Morgan fingerprint density at radius 1 is 1.08 bits per heavy atom. The molecule has 1 unspecified atom stereocenters. The number of carbonyl (C=O) groups excluding carboxylic acids is 2. The van der Waals surface area contributed by atoms with Gasteiger partial charge in [0.05, 0.1) is 19.8 Å². The third-order valence-electron chi connectivity index (χ3n) is 3.63. The van der Waals surface area contributed by atoms with E-state index >= 15 is 0 Å². The van der Waals surface area contributed by atoms with Gasteiger partial charge in [0.2, 0.25) is 0 Å². The van der Waals surface area contributed by atoms with Crippen LogP contribution in [0.4, 0.5) is 0 Å². The molecule has 0 aliphatic heterocycles. The van der Waals surface area contributed by atoms with Crippen molar-refractivity contribution >= 4 is 11.9 Å². The lowest BCUT2D eigenvalue weighted by atomic mass is 10.1. The van der Waals surface area contributed by atoms with Crippen molar-refractivity contribution in [2.75, 3.05) is 13.7 Å². The van der Waals surface area contributed by atoms with Crippen LogP contribution in [-0.2, 0) is 19.1 Å².